The lowest BCUT2D eigenvalue weighted by Gasteiger charge is -2.36. The Morgan fingerprint density at radius 2 is 1.54 bits per heavy atom. The number of carbonyl (C=O) groups is 1. The summed E-state index contributed by atoms with van der Waals surface area (Å²) in [4.78, 5) is 14.8. The number of amides is 1. The molecule has 1 aromatic rings. The van der Waals surface area contributed by atoms with E-state index in [1.165, 1.54) is 4.31 Å². The highest BCUT2D eigenvalue weighted by molar-refractivity contribution is 7.89. The Kier molecular flexibility index (Phi) is 6.94. The molecule has 1 aliphatic heterocycles. The molecular weight excluding hydrogens is 374 g/mol. The molecule has 6 nitrogen and oxygen atoms in total. The third-order valence-corrected chi connectivity index (χ3v) is 6.72. The summed E-state index contributed by atoms with van der Waals surface area (Å²) >= 11 is 0. The van der Waals surface area contributed by atoms with Crippen molar-refractivity contribution in [3.8, 4) is 0 Å². The van der Waals surface area contributed by atoms with Gasteiger partial charge in [-0.05, 0) is 44.7 Å². The largest absolute Gasteiger partial charge is 0.350 e. The Labute approximate surface area is 170 Å². The molecule has 0 atom stereocenters. The van der Waals surface area contributed by atoms with Crippen LogP contribution in [0.1, 0.15) is 46.6 Å². The molecule has 0 radical (unpaired) electrons. The number of benzene rings is 1. The SMILES string of the molecule is Cc1ccc(S(=O)(=O)N2CCN(CC(=O)NC(C)(C)CC(C)(C)C)CC2)cc1. The molecule has 1 aliphatic rings. The highest BCUT2D eigenvalue weighted by Crippen LogP contribution is 2.26. The van der Waals surface area contributed by atoms with Crippen LogP contribution >= 0.6 is 0 Å². The van der Waals surface area contributed by atoms with Crippen LogP contribution < -0.4 is 5.32 Å². The Bertz CT molecular complexity index is 772. The molecule has 1 fully saturated rings. The number of carbonyl (C=O) groups excluding carboxylic acids is 1. The molecule has 0 unspecified atom stereocenters. The Morgan fingerprint density at radius 3 is 2.04 bits per heavy atom. The second kappa shape index (κ2) is 8.51. The fourth-order valence-corrected chi connectivity index (χ4v) is 5.40. The van der Waals surface area contributed by atoms with Crippen LogP contribution in [-0.2, 0) is 14.8 Å². The van der Waals surface area contributed by atoms with Crippen LogP contribution in [0.5, 0.6) is 0 Å². The molecule has 158 valence electrons. The summed E-state index contributed by atoms with van der Waals surface area (Å²) in [6.45, 7) is 14.7. The summed E-state index contributed by atoms with van der Waals surface area (Å²) in [6, 6.07) is 6.93. The van der Waals surface area contributed by atoms with Gasteiger partial charge in [0.05, 0.1) is 11.4 Å². The third-order valence-electron chi connectivity index (χ3n) is 4.81. The van der Waals surface area contributed by atoms with Crippen molar-refractivity contribution < 1.29 is 13.2 Å². The lowest BCUT2D eigenvalue weighted by atomic mass is 9.82. The molecule has 0 aromatic heterocycles. The maximum Gasteiger partial charge on any atom is 0.243 e. The van der Waals surface area contributed by atoms with Gasteiger partial charge in [0.25, 0.3) is 0 Å². The predicted octanol–water partition coefficient (Wildman–Crippen LogP) is 2.63. The van der Waals surface area contributed by atoms with Gasteiger partial charge in [-0.15, -0.1) is 0 Å². The molecule has 28 heavy (non-hydrogen) atoms. The Morgan fingerprint density at radius 1 is 1.00 bits per heavy atom. The van der Waals surface area contributed by atoms with Gasteiger partial charge in [-0.2, -0.15) is 4.31 Å². The first-order valence-corrected chi connectivity index (χ1v) is 11.3. The molecule has 1 saturated heterocycles. The van der Waals surface area contributed by atoms with E-state index in [0.717, 1.165) is 12.0 Å². The van der Waals surface area contributed by atoms with Gasteiger partial charge in [0.1, 0.15) is 0 Å². The average Bonchev–Trinajstić information content (AvgIpc) is 2.52. The fraction of sp³-hybridized carbons (Fsp3) is 0.667. The van der Waals surface area contributed by atoms with E-state index in [9.17, 15) is 13.2 Å². The topological polar surface area (TPSA) is 69.7 Å². The van der Waals surface area contributed by atoms with Crippen molar-refractivity contribution in [2.24, 2.45) is 5.41 Å². The van der Waals surface area contributed by atoms with Crippen LogP contribution in [0.4, 0.5) is 0 Å². The quantitative estimate of drug-likeness (QED) is 0.784. The maximum atomic E-state index is 12.8. The van der Waals surface area contributed by atoms with Crippen molar-refractivity contribution in [1.29, 1.82) is 0 Å². The van der Waals surface area contributed by atoms with Crippen LogP contribution in [0.25, 0.3) is 0 Å². The molecule has 0 saturated carbocycles. The van der Waals surface area contributed by atoms with Gasteiger partial charge in [0, 0.05) is 31.7 Å². The number of hydrogen-bond donors (Lipinski definition) is 1. The highest BCUT2D eigenvalue weighted by atomic mass is 32.2. The van der Waals surface area contributed by atoms with Gasteiger partial charge >= 0.3 is 0 Å². The number of sulfonamides is 1. The number of piperazine rings is 1. The van der Waals surface area contributed by atoms with Gasteiger partial charge < -0.3 is 5.32 Å². The average molecular weight is 410 g/mol. The van der Waals surface area contributed by atoms with E-state index in [0.29, 0.717) is 37.6 Å². The molecule has 0 spiro atoms. The first kappa shape index (κ1) is 22.8. The van der Waals surface area contributed by atoms with E-state index in [4.69, 9.17) is 0 Å². The van der Waals surface area contributed by atoms with Gasteiger partial charge in [0.2, 0.25) is 15.9 Å². The molecule has 1 amide bonds. The first-order valence-electron chi connectivity index (χ1n) is 9.89. The van der Waals surface area contributed by atoms with Crippen LogP contribution in [-0.4, -0.2) is 61.8 Å². The van der Waals surface area contributed by atoms with E-state index in [-0.39, 0.29) is 16.9 Å². The minimum Gasteiger partial charge on any atom is -0.350 e. The molecule has 0 aliphatic carbocycles. The van der Waals surface area contributed by atoms with Crippen molar-refractivity contribution in [2.45, 2.75) is 58.4 Å². The van der Waals surface area contributed by atoms with Crippen LogP contribution in [0.15, 0.2) is 29.2 Å². The maximum absolute atomic E-state index is 12.8. The molecule has 1 N–H and O–H groups in total. The first-order chi connectivity index (χ1) is 12.8. The van der Waals surface area contributed by atoms with Crippen molar-refractivity contribution in [3.63, 3.8) is 0 Å². The third kappa shape index (κ3) is 6.57. The number of rotatable bonds is 6. The zero-order valence-corrected chi connectivity index (χ0v) is 18.9. The highest BCUT2D eigenvalue weighted by Gasteiger charge is 2.31. The zero-order chi connectivity index (χ0) is 21.2. The van der Waals surface area contributed by atoms with Gasteiger partial charge in [-0.25, -0.2) is 8.42 Å². The van der Waals surface area contributed by atoms with E-state index in [2.05, 4.69) is 26.1 Å². The fourth-order valence-electron chi connectivity index (χ4n) is 3.98. The number of nitrogens with one attached hydrogen (secondary N) is 1. The standard InChI is InChI=1S/C21H35N3O3S/c1-17-7-9-18(10-8-17)28(26,27)24-13-11-23(12-14-24)15-19(25)22-21(5,6)16-20(2,3)4/h7-10H,11-16H2,1-6H3,(H,22,25). The second-order valence-electron chi connectivity index (χ2n) is 9.66. The van der Waals surface area contributed by atoms with E-state index in [1.54, 1.807) is 12.1 Å². The lowest BCUT2D eigenvalue weighted by molar-refractivity contribution is -0.124. The molecule has 2 rings (SSSR count). The smallest absolute Gasteiger partial charge is 0.243 e. The van der Waals surface area contributed by atoms with Gasteiger partial charge in [-0.1, -0.05) is 38.5 Å². The van der Waals surface area contributed by atoms with Crippen molar-refractivity contribution >= 4 is 15.9 Å². The summed E-state index contributed by atoms with van der Waals surface area (Å²) in [6.07, 6.45) is 0.883. The molecule has 0 bridgehead atoms. The molecule has 1 heterocycles. The number of nitrogens with zero attached hydrogens (tertiary/aromatic N) is 2. The van der Waals surface area contributed by atoms with Crippen molar-refractivity contribution in [1.82, 2.24) is 14.5 Å². The summed E-state index contributed by atoms with van der Waals surface area (Å²) in [5.74, 6) is -0.0101. The van der Waals surface area contributed by atoms with E-state index in [1.807, 2.05) is 37.8 Å². The number of aryl methyl sites for hydroxylation is 1. The van der Waals surface area contributed by atoms with Crippen LogP contribution in [0.3, 0.4) is 0 Å². The molecule has 7 heteroatoms. The molecule has 1 aromatic carbocycles. The Balaban J connectivity index is 1.88. The summed E-state index contributed by atoms with van der Waals surface area (Å²) in [5.41, 5.74) is 0.891. The second-order valence-corrected chi connectivity index (χ2v) is 11.6. The monoisotopic (exact) mass is 409 g/mol. The zero-order valence-electron chi connectivity index (χ0n) is 18.1. The minimum atomic E-state index is -3.47. The summed E-state index contributed by atoms with van der Waals surface area (Å²) < 4.78 is 27.1. The van der Waals surface area contributed by atoms with E-state index < -0.39 is 10.0 Å². The van der Waals surface area contributed by atoms with Crippen molar-refractivity contribution in [2.75, 3.05) is 32.7 Å². The van der Waals surface area contributed by atoms with Gasteiger partial charge in [-0.3, -0.25) is 9.69 Å². The van der Waals surface area contributed by atoms with Crippen molar-refractivity contribution in [3.05, 3.63) is 29.8 Å². The minimum absolute atomic E-state index is 0.0101. The Hall–Kier alpha value is -1.44. The van der Waals surface area contributed by atoms with E-state index >= 15 is 0 Å². The van der Waals surface area contributed by atoms with Crippen LogP contribution in [0, 0.1) is 12.3 Å². The van der Waals surface area contributed by atoms with Crippen LogP contribution in [0.2, 0.25) is 0 Å². The summed E-state index contributed by atoms with van der Waals surface area (Å²) in [7, 11) is -3.47. The normalized spacial score (nSPS) is 17.5. The molecular formula is C21H35N3O3S. The number of hydrogen-bond acceptors (Lipinski definition) is 4. The van der Waals surface area contributed by atoms with Gasteiger partial charge in [0.15, 0.2) is 0 Å². The lowest BCUT2D eigenvalue weighted by Crippen LogP contribution is -2.53. The predicted molar refractivity (Wildman–Crippen MR) is 113 cm³/mol. The summed E-state index contributed by atoms with van der Waals surface area (Å²) in [5, 5.41) is 3.12.